The van der Waals surface area contributed by atoms with Gasteiger partial charge in [-0.25, -0.2) is 0 Å². The Balaban J connectivity index is 2.45. The second-order valence-electron chi connectivity index (χ2n) is 2.89. The molecule has 1 fully saturated rings. The van der Waals surface area contributed by atoms with Crippen molar-refractivity contribution in [1.29, 1.82) is 0 Å². The monoisotopic (exact) mass is 156 g/mol. The van der Waals surface area contributed by atoms with Gasteiger partial charge in [0.05, 0.1) is 13.2 Å². The van der Waals surface area contributed by atoms with Crippen LogP contribution in [0.1, 0.15) is 6.92 Å². The molecule has 3 nitrogen and oxygen atoms in total. The zero-order valence-electron chi connectivity index (χ0n) is 6.54. The molecular formula is C8H12O3. The van der Waals surface area contributed by atoms with E-state index in [2.05, 4.69) is 6.58 Å². The lowest BCUT2D eigenvalue weighted by atomic mass is 9.95. The molecule has 1 N–H and O–H groups in total. The Labute approximate surface area is 65.7 Å². The summed E-state index contributed by atoms with van der Waals surface area (Å²) < 4.78 is 4.84. The second-order valence-corrected chi connectivity index (χ2v) is 2.89. The molecule has 0 saturated carbocycles. The van der Waals surface area contributed by atoms with Gasteiger partial charge in [0.25, 0.3) is 0 Å². The third kappa shape index (κ3) is 1.67. The molecule has 1 unspecified atom stereocenters. The third-order valence-electron chi connectivity index (χ3n) is 1.80. The molecule has 0 aromatic carbocycles. The first-order chi connectivity index (χ1) is 5.13. The van der Waals surface area contributed by atoms with E-state index in [1.807, 2.05) is 0 Å². The van der Waals surface area contributed by atoms with Gasteiger partial charge in [-0.3, -0.25) is 4.79 Å². The molecule has 0 radical (unpaired) electrons. The normalized spacial score (nSPS) is 20.5. The number of hydrogen-bond donors (Lipinski definition) is 1. The van der Waals surface area contributed by atoms with E-state index < -0.39 is 6.10 Å². The first-order valence-corrected chi connectivity index (χ1v) is 3.58. The van der Waals surface area contributed by atoms with Gasteiger partial charge < -0.3 is 9.84 Å². The van der Waals surface area contributed by atoms with Crippen LogP contribution in [-0.2, 0) is 9.53 Å². The van der Waals surface area contributed by atoms with Gasteiger partial charge in [-0.2, -0.15) is 0 Å². The maximum atomic E-state index is 11.1. The first kappa shape index (κ1) is 8.43. The molecule has 1 atom stereocenters. The average molecular weight is 156 g/mol. The number of aliphatic hydroxyl groups is 1. The zero-order valence-corrected chi connectivity index (χ0v) is 6.54. The average Bonchev–Trinajstić information content (AvgIpc) is 1.82. The van der Waals surface area contributed by atoms with Crippen molar-refractivity contribution < 1.29 is 14.6 Å². The second kappa shape index (κ2) is 3.15. The first-order valence-electron chi connectivity index (χ1n) is 3.58. The third-order valence-corrected chi connectivity index (χ3v) is 1.80. The van der Waals surface area contributed by atoms with Crippen LogP contribution >= 0.6 is 0 Å². The highest BCUT2D eigenvalue weighted by Gasteiger charge is 2.31. The summed E-state index contributed by atoms with van der Waals surface area (Å²) in [7, 11) is 0. The van der Waals surface area contributed by atoms with Crippen molar-refractivity contribution in [3.05, 3.63) is 12.2 Å². The molecule has 1 rings (SSSR count). The summed E-state index contributed by atoms with van der Waals surface area (Å²) in [5.74, 6) is -0.280. The fourth-order valence-electron chi connectivity index (χ4n) is 0.903. The maximum absolute atomic E-state index is 11.1. The molecule has 3 heteroatoms. The van der Waals surface area contributed by atoms with Crippen LogP contribution in [0.2, 0.25) is 0 Å². The van der Waals surface area contributed by atoms with Crippen LogP contribution < -0.4 is 0 Å². The maximum Gasteiger partial charge on any atom is 0.186 e. The lowest BCUT2D eigenvalue weighted by Crippen LogP contribution is -2.42. The Morgan fingerprint density at radius 1 is 1.73 bits per heavy atom. The van der Waals surface area contributed by atoms with E-state index in [-0.39, 0.29) is 11.7 Å². The number of carbonyl (C=O) groups is 1. The Morgan fingerprint density at radius 2 is 2.27 bits per heavy atom. The van der Waals surface area contributed by atoms with E-state index in [0.29, 0.717) is 18.8 Å². The molecule has 1 aliphatic rings. The van der Waals surface area contributed by atoms with Crippen LogP contribution in [-0.4, -0.2) is 30.2 Å². The molecular weight excluding hydrogens is 144 g/mol. The van der Waals surface area contributed by atoms with Crippen molar-refractivity contribution in [1.82, 2.24) is 0 Å². The van der Waals surface area contributed by atoms with Crippen LogP contribution in [0.25, 0.3) is 0 Å². The highest BCUT2D eigenvalue weighted by atomic mass is 16.5. The fourth-order valence-corrected chi connectivity index (χ4v) is 0.903. The number of ketones is 1. The Morgan fingerprint density at radius 3 is 2.55 bits per heavy atom. The van der Waals surface area contributed by atoms with Crippen molar-refractivity contribution in [2.24, 2.45) is 5.92 Å². The van der Waals surface area contributed by atoms with Gasteiger partial charge in [-0.15, -0.1) is 0 Å². The summed E-state index contributed by atoms with van der Waals surface area (Å²) in [6, 6.07) is 0. The van der Waals surface area contributed by atoms with Gasteiger partial charge in [-0.1, -0.05) is 6.58 Å². The number of ether oxygens (including phenoxy) is 1. The smallest absolute Gasteiger partial charge is 0.186 e. The molecule has 62 valence electrons. The van der Waals surface area contributed by atoms with E-state index in [4.69, 9.17) is 4.74 Å². The van der Waals surface area contributed by atoms with Crippen LogP contribution in [0.3, 0.4) is 0 Å². The zero-order chi connectivity index (χ0) is 8.43. The van der Waals surface area contributed by atoms with Crippen LogP contribution in [0.5, 0.6) is 0 Å². The number of rotatable bonds is 3. The minimum Gasteiger partial charge on any atom is -0.384 e. The quantitative estimate of drug-likeness (QED) is 0.591. The largest absolute Gasteiger partial charge is 0.384 e. The SMILES string of the molecule is C=C(C)C(=O)C(O)C1COC1. The molecule has 1 saturated heterocycles. The van der Waals surface area contributed by atoms with E-state index in [1.165, 1.54) is 0 Å². The molecule has 11 heavy (non-hydrogen) atoms. The topological polar surface area (TPSA) is 46.5 Å². The lowest BCUT2D eigenvalue weighted by molar-refractivity contribution is -0.139. The Bertz CT molecular complexity index is 182. The highest BCUT2D eigenvalue weighted by Crippen LogP contribution is 2.17. The van der Waals surface area contributed by atoms with Crippen molar-refractivity contribution >= 4 is 5.78 Å². The number of Topliss-reactive ketones (excluding diaryl/α,β-unsaturated/α-hetero) is 1. The van der Waals surface area contributed by atoms with Crippen LogP contribution in [0.15, 0.2) is 12.2 Å². The molecule has 0 bridgehead atoms. The predicted octanol–water partition coefficient (Wildman–Crippen LogP) is 0.139. The van der Waals surface area contributed by atoms with Gasteiger partial charge >= 0.3 is 0 Å². The molecule has 1 aliphatic heterocycles. The summed E-state index contributed by atoms with van der Waals surface area (Å²) >= 11 is 0. The number of aliphatic hydroxyl groups excluding tert-OH is 1. The minimum absolute atomic E-state index is 0.0146. The molecule has 0 aromatic rings. The van der Waals surface area contributed by atoms with Crippen molar-refractivity contribution in [2.45, 2.75) is 13.0 Å². The summed E-state index contributed by atoms with van der Waals surface area (Å²) in [5.41, 5.74) is 0.407. The summed E-state index contributed by atoms with van der Waals surface area (Å²) in [5, 5.41) is 9.32. The number of carbonyl (C=O) groups excluding carboxylic acids is 1. The minimum atomic E-state index is -0.902. The van der Waals surface area contributed by atoms with E-state index in [1.54, 1.807) is 6.92 Å². The van der Waals surface area contributed by atoms with E-state index >= 15 is 0 Å². The fraction of sp³-hybridized carbons (Fsp3) is 0.625. The van der Waals surface area contributed by atoms with Gasteiger partial charge in [0.2, 0.25) is 0 Å². The summed E-state index contributed by atoms with van der Waals surface area (Å²) in [6.45, 7) is 6.04. The molecule has 0 spiro atoms. The van der Waals surface area contributed by atoms with Crippen molar-refractivity contribution in [2.75, 3.05) is 13.2 Å². The molecule has 1 heterocycles. The molecule has 0 aliphatic carbocycles. The summed E-state index contributed by atoms with van der Waals surface area (Å²) in [6.07, 6.45) is -0.902. The van der Waals surface area contributed by atoms with Gasteiger partial charge in [0.15, 0.2) is 5.78 Å². The van der Waals surface area contributed by atoms with Crippen molar-refractivity contribution in [3.8, 4) is 0 Å². The molecule has 0 amide bonds. The predicted molar refractivity (Wildman–Crippen MR) is 40.1 cm³/mol. The lowest BCUT2D eigenvalue weighted by Gasteiger charge is -2.29. The standard InChI is InChI=1S/C8H12O3/c1-5(2)7(9)8(10)6-3-11-4-6/h6,8,10H,1,3-4H2,2H3. The van der Waals surface area contributed by atoms with Gasteiger partial charge in [0.1, 0.15) is 6.10 Å². The summed E-state index contributed by atoms with van der Waals surface area (Å²) in [4.78, 5) is 11.1. The van der Waals surface area contributed by atoms with Gasteiger partial charge in [0, 0.05) is 5.92 Å². The Hall–Kier alpha value is -0.670. The van der Waals surface area contributed by atoms with E-state index in [9.17, 15) is 9.90 Å². The van der Waals surface area contributed by atoms with Crippen LogP contribution in [0, 0.1) is 5.92 Å². The van der Waals surface area contributed by atoms with E-state index in [0.717, 1.165) is 0 Å². The highest BCUT2D eigenvalue weighted by molar-refractivity contribution is 5.97. The van der Waals surface area contributed by atoms with Crippen molar-refractivity contribution in [3.63, 3.8) is 0 Å². The number of hydrogen-bond acceptors (Lipinski definition) is 3. The Kier molecular flexibility index (Phi) is 2.42. The van der Waals surface area contributed by atoms with Gasteiger partial charge in [-0.05, 0) is 12.5 Å². The van der Waals surface area contributed by atoms with Crippen LogP contribution in [0.4, 0.5) is 0 Å². The molecule has 0 aromatic heterocycles.